The molecular formula is C39H71NO9. The average Bonchev–Trinajstić information content (AvgIpc) is 3.71. The Hall–Kier alpha value is -2.33. The van der Waals surface area contributed by atoms with Gasteiger partial charge in [-0.3, -0.25) is 19.2 Å². The zero-order valence-corrected chi connectivity index (χ0v) is 32.7. The van der Waals surface area contributed by atoms with Crippen molar-refractivity contribution in [3.8, 4) is 0 Å². The number of carbonyl (C=O) groups is 5. The number of unbranched alkanes of at least 4 members (excludes halogenated alkanes) is 3. The minimum absolute atomic E-state index is 0.0463. The minimum atomic E-state index is -0.939. The molecule has 0 saturated heterocycles. The monoisotopic (exact) mass is 698 g/mol. The predicted molar refractivity (Wildman–Crippen MR) is 193 cm³/mol. The molecule has 10 heteroatoms. The van der Waals surface area contributed by atoms with E-state index in [0.29, 0.717) is 50.2 Å². The van der Waals surface area contributed by atoms with E-state index < -0.39 is 17.2 Å². The summed E-state index contributed by atoms with van der Waals surface area (Å²) in [5.74, 6) is 0.175. The van der Waals surface area contributed by atoms with Gasteiger partial charge in [0, 0.05) is 19.4 Å². The summed E-state index contributed by atoms with van der Waals surface area (Å²) < 4.78 is 17.7. The number of carboxylic acid groups (broad SMARTS) is 1. The lowest BCUT2D eigenvalue weighted by Crippen LogP contribution is -2.47. The number of aliphatic carboxylic acids is 1. The molecule has 1 aliphatic carbocycles. The van der Waals surface area contributed by atoms with Gasteiger partial charge in [-0.15, -0.1) is 0 Å². The van der Waals surface area contributed by atoms with Crippen LogP contribution in [0.25, 0.3) is 0 Å². The van der Waals surface area contributed by atoms with Crippen molar-refractivity contribution < 1.29 is 43.3 Å². The normalized spacial score (nSPS) is 19.9. The lowest BCUT2D eigenvalue weighted by molar-refractivity contribution is -0.153. The van der Waals surface area contributed by atoms with Crippen LogP contribution in [0, 0.1) is 23.2 Å². The highest BCUT2D eigenvalue weighted by Crippen LogP contribution is 2.57. The molecule has 1 rings (SSSR count). The van der Waals surface area contributed by atoms with Crippen molar-refractivity contribution in [1.29, 1.82) is 0 Å². The number of esters is 1. The number of hydrogen-bond donors (Lipinski definition) is 2. The zero-order valence-electron chi connectivity index (χ0n) is 32.7. The molecule has 0 heterocycles. The highest BCUT2D eigenvalue weighted by Gasteiger charge is 2.58. The minimum Gasteiger partial charge on any atom is -0.481 e. The van der Waals surface area contributed by atoms with Crippen LogP contribution in [0.5, 0.6) is 0 Å². The summed E-state index contributed by atoms with van der Waals surface area (Å²) >= 11 is 0. The van der Waals surface area contributed by atoms with E-state index in [-0.39, 0.29) is 54.9 Å². The first-order chi connectivity index (χ1) is 23.0. The maximum absolute atomic E-state index is 13.0. The summed E-state index contributed by atoms with van der Waals surface area (Å²) in [5, 5.41) is 10.9. The molecule has 0 aromatic rings. The number of carbonyl (C=O) groups excluding carboxylic acids is 4. The Kier molecular flexibility index (Phi) is 22.8. The molecule has 1 aliphatic rings. The third-order valence-corrected chi connectivity index (χ3v) is 10.0. The molecule has 0 spiro atoms. The molecule has 0 aromatic heterocycles. The van der Waals surface area contributed by atoms with Crippen molar-refractivity contribution >= 4 is 29.4 Å². The highest BCUT2D eigenvalue weighted by atomic mass is 16.5. The molecular weight excluding hydrogens is 626 g/mol. The van der Waals surface area contributed by atoms with Crippen molar-refractivity contribution in [2.75, 3.05) is 26.4 Å². The van der Waals surface area contributed by atoms with Gasteiger partial charge in [-0.1, -0.05) is 74.1 Å². The molecule has 5 unspecified atom stereocenters. The van der Waals surface area contributed by atoms with Crippen LogP contribution in [0.15, 0.2) is 0 Å². The van der Waals surface area contributed by atoms with Crippen LogP contribution in [-0.2, 0) is 38.2 Å². The lowest BCUT2D eigenvalue weighted by Gasteiger charge is -2.29. The summed E-state index contributed by atoms with van der Waals surface area (Å²) in [6, 6.07) is 0. The van der Waals surface area contributed by atoms with Crippen molar-refractivity contribution in [1.82, 2.24) is 5.32 Å². The molecule has 10 nitrogen and oxygen atoms in total. The summed E-state index contributed by atoms with van der Waals surface area (Å²) in [5.41, 5.74) is -1.99. The zero-order chi connectivity index (χ0) is 37.7. The fourth-order valence-corrected chi connectivity index (χ4v) is 5.82. The fourth-order valence-electron chi connectivity index (χ4n) is 5.82. The third kappa shape index (κ3) is 17.9. The van der Waals surface area contributed by atoms with Gasteiger partial charge >= 0.3 is 11.9 Å². The second-order valence-electron chi connectivity index (χ2n) is 14.8. The van der Waals surface area contributed by atoms with Crippen LogP contribution in [0.4, 0.5) is 0 Å². The Morgan fingerprint density at radius 3 is 1.98 bits per heavy atom. The summed E-state index contributed by atoms with van der Waals surface area (Å²) in [6.45, 7) is 21.4. The topological polar surface area (TPSA) is 145 Å². The molecule has 5 atom stereocenters. The molecule has 0 aliphatic heterocycles. The number of ether oxygens (including phenoxy) is 3. The number of rotatable bonds is 27. The standard InChI is InChI=1S/C34H63NO6.C5H8O3/c1-10-14-18-28(11-2)25-41-32(8,12-3)29(36)19-16-15-17-21-40-33(9,13-4)30(37)35-20-22-39-31(38)34(23-26(5)6)24-27(34)7;1-4(6)2-3-5(7)8/h26-28H,10-25H2,1-9H3,(H,35,37);2-3H2,1H3,(H,7,8). The van der Waals surface area contributed by atoms with Crippen LogP contribution < -0.4 is 5.32 Å². The van der Waals surface area contributed by atoms with Crippen LogP contribution in [0.1, 0.15) is 159 Å². The quantitative estimate of drug-likeness (QED) is 0.0647. The Morgan fingerprint density at radius 2 is 1.51 bits per heavy atom. The largest absolute Gasteiger partial charge is 0.481 e. The average molecular weight is 698 g/mol. The first-order valence-electron chi connectivity index (χ1n) is 18.9. The van der Waals surface area contributed by atoms with Gasteiger partial charge in [0.05, 0.1) is 25.0 Å². The van der Waals surface area contributed by atoms with Gasteiger partial charge < -0.3 is 29.4 Å². The number of carboxylic acids is 1. The summed E-state index contributed by atoms with van der Waals surface area (Å²) in [6.07, 6.45) is 10.6. The van der Waals surface area contributed by atoms with Crippen LogP contribution in [-0.4, -0.2) is 72.1 Å². The van der Waals surface area contributed by atoms with Crippen molar-refractivity contribution in [3.63, 3.8) is 0 Å². The molecule has 0 aromatic carbocycles. The Balaban J connectivity index is 0.00000254. The number of amides is 1. The molecule has 1 saturated carbocycles. The van der Waals surface area contributed by atoms with Crippen LogP contribution in [0.3, 0.4) is 0 Å². The van der Waals surface area contributed by atoms with E-state index in [1.165, 1.54) is 19.8 Å². The number of hydrogen-bond acceptors (Lipinski definition) is 8. The second kappa shape index (κ2) is 24.0. The smallest absolute Gasteiger partial charge is 0.312 e. The SMILES string of the molecule is CC(=O)CCC(=O)O.CCCCC(CC)COC(C)(CC)C(=O)CCCCCOC(C)(CC)C(=O)NCCOC(=O)C1(CC(C)C)CC1C. The number of nitrogens with one attached hydrogen (secondary N) is 1. The summed E-state index contributed by atoms with van der Waals surface area (Å²) in [7, 11) is 0. The Labute approximate surface area is 297 Å². The molecule has 286 valence electrons. The van der Waals surface area contributed by atoms with Crippen molar-refractivity contribution in [2.24, 2.45) is 23.2 Å². The Bertz CT molecular complexity index is 1000. The van der Waals surface area contributed by atoms with E-state index >= 15 is 0 Å². The molecule has 49 heavy (non-hydrogen) atoms. The fraction of sp³-hybridized carbons (Fsp3) is 0.872. The van der Waals surface area contributed by atoms with E-state index in [0.717, 1.165) is 44.9 Å². The van der Waals surface area contributed by atoms with Crippen LogP contribution in [0.2, 0.25) is 0 Å². The van der Waals surface area contributed by atoms with Gasteiger partial charge in [-0.2, -0.15) is 0 Å². The van der Waals surface area contributed by atoms with Gasteiger partial charge in [0.25, 0.3) is 5.91 Å². The molecule has 1 amide bonds. The molecule has 2 N–H and O–H groups in total. The van der Waals surface area contributed by atoms with Crippen molar-refractivity contribution in [2.45, 2.75) is 170 Å². The van der Waals surface area contributed by atoms with Gasteiger partial charge in [0.1, 0.15) is 23.6 Å². The van der Waals surface area contributed by atoms with Gasteiger partial charge in [0.2, 0.25) is 0 Å². The highest BCUT2D eigenvalue weighted by molar-refractivity contribution is 5.87. The number of Topliss-reactive ketones (excluding diaryl/α,β-unsaturated/α-hetero) is 2. The molecule has 0 radical (unpaired) electrons. The van der Waals surface area contributed by atoms with Crippen molar-refractivity contribution in [3.05, 3.63) is 0 Å². The molecule has 1 fully saturated rings. The maximum atomic E-state index is 13.0. The van der Waals surface area contributed by atoms with E-state index in [1.807, 2.05) is 20.8 Å². The number of ketones is 2. The van der Waals surface area contributed by atoms with E-state index in [2.05, 4.69) is 39.9 Å². The van der Waals surface area contributed by atoms with Gasteiger partial charge in [-0.25, -0.2) is 0 Å². The summed E-state index contributed by atoms with van der Waals surface area (Å²) in [4.78, 5) is 58.3. The molecule has 0 bridgehead atoms. The van der Waals surface area contributed by atoms with E-state index in [4.69, 9.17) is 19.3 Å². The third-order valence-electron chi connectivity index (χ3n) is 10.0. The predicted octanol–water partition coefficient (Wildman–Crippen LogP) is 7.87. The first kappa shape index (κ1) is 46.7. The first-order valence-corrected chi connectivity index (χ1v) is 18.9. The second-order valence-corrected chi connectivity index (χ2v) is 14.8. The van der Waals surface area contributed by atoms with E-state index in [1.54, 1.807) is 6.92 Å². The van der Waals surface area contributed by atoms with Gasteiger partial charge in [-0.05, 0) is 83.5 Å². The Morgan fingerprint density at radius 1 is 0.878 bits per heavy atom. The maximum Gasteiger partial charge on any atom is 0.312 e. The van der Waals surface area contributed by atoms with Gasteiger partial charge in [0.15, 0.2) is 5.78 Å². The lowest BCUT2D eigenvalue weighted by atomic mass is 9.92. The van der Waals surface area contributed by atoms with Crippen LogP contribution >= 0.6 is 0 Å². The van der Waals surface area contributed by atoms with E-state index in [9.17, 15) is 24.0 Å².